The lowest BCUT2D eigenvalue weighted by molar-refractivity contribution is -0.133. The first-order valence-electron chi connectivity index (χ1n) is 5.03. The summed E-state index contributed by atoms with van der Waals surface area (Å²) in [5.74, 6) is -2.11. The molecule has 0 bridgehead atoms. The number of hydrogen-bond donors (Lipinski definition) is 2. The molecule has 0 aliphatic carbocycles. The maximum Gasteiger partial charge on any atom is 0.333 e. The minimum Gasteiger partial charge on any atom is -0.478 e. The van der Waals surface area contributed by atoms with Gasteiger partial charge in [-0.05, 0) is 20.8 Å². The molecule has 16 heavy (non-hydrogen) atoms. The topological polar surface area (TPSA) is 77.8 Å². The fourth-order valence-corrected chi connectivity index (χ4v) is 1.95. The van der Waals surface area contributed by atoms with Gasteiger partial charge in [0.05, 0.1) is 11.1 Å². The minimum atomic E-state index is -1.05. The zero-order chi connectivity index (χ0) is 12.5. The van der Waals surface area contributed by atoms with Gasteiger partial charge in [-0.1, -0.05) is 0 Å². The molecular formula is C11H15NO4. The normalized spacial score (nSPS) is 16.8. The van der Waals surface area contributed by atoms with E-state index < -0.39 is 11.9 Å². The molecule has 5 nitrogen and oxygen atoms in total. The monoisotopic (exact) mass is 225 g/mol. The number of hydrogen-bond acceptors (Lipinski definition) is 3. The highest BCUT2D eigenvalue weighted by atomic mass is 16.4. The van der Waals surface area contributed by atoms with Gasteiger partial charge in [-0.25, -0.2) is 9.59 Å². The van der Waals surface area contributed by atoms with Gasteiger partial charge in [0.1, 0.15) is 0 Å². The predicted octanol–water partition coefficient (Wildman–Crippen LogP) is 1.43. The molecule has 0 radical (unpaired) electrons. The van der Waals surface area contributed by atoms with Gasteiger partial charge in [0, 0.05) is 24.4 Å². The second-order valence-corrected chi connectivity index (χ2v) is 3.66. The Morgan fingerprint density at radius 2 is 1.50 bits per heavy atom. The summed E-state index contributed by atoms with van der Waals surface area (Å²) in [6, 6.07) is 0. The molecule has 0 saturated heterocycles. The van der Waals surface area contributed by atoms with Crippen LogP contribution in [0.1, 0.15) is 27.2 Å². The van der Waals surface area contributed by atoms with E-state index in [-0.39, 0.29) is 17.6 Å². The van der Waals surface area contributed by atoms with Crippen molar-refractivity contribution in [1.29, 1.82) is 0 Å². The van der Waals surface area contributed by atoms with Crippen LogP contribution >= 0.6 is 0 Å². The highest BCUT2D eigenvalue weighted by Crippen LogP contribution is 2.30. The van der Waals surface area contributed by atoms with Crippen LogP contribution < -0.4 is 0 Å². The van der Waals surface area contributed by atoms with Crippen molar-refractivity contribution in [3.63, 3.8) is 0 Å². The van der Waals surface area contributed by atoms with E-state index in [0.717, 1.165) is 0 Å². The lowest BCUT2D eigenvalue weighted by Gasteiger charge is -2.31. The third kappa shape index (κ3) is 1.93. The molecule has 1 rings (SSSR count). The van der Waals surface area contributed by atoms with E-state index in [1.807, 2.05) is 6.92 Å². The second kappa shape index (κ2) is 4.38. The number of carbonyl (C=O) groups is 2. The van der Waals surface area contributed by atoms with Crippen molar-refractivity contribution in [1.82, 2.24) is 4.90 Å². The fraction of sp³-hybridized carbons (Fsp3) is 0.455. The van der Waals surface area contributed by atoms with E-state index in [4.69, 9.17) is 10.2 Å². The van der Waals surface area contributed by atoms with Crippen LogP contribution in [0.3, 0.4) is 0 Å². The average Bonchev–Trinajstić information content (AvgIpc) is 2.17. The summed E-state index contributed by atoms with van der Waals surface area (Å²) in [6.45, 7) is 5.83. The van der Waals surface area contributed by atoms with E-state index in [1.54, 1.807) is 18.7 Å². The zero-order valence-corrected chi connectivity index (χ0v) is 9.57. The fourth-order valence-electron chi connectivity index (χ4n) is 1.95. The Morgan fingerprint density at radius 1 is 1.12 bits per heavy atom. The molecule has 1 aliphatic rings. The molecular weight excluding hydrogens is 210 g/mol. The third-order valence-corrected chi connectivity index (χ3v) is 2.87. The maximum atomic E-state index is 11.0. The molecule has 88 valence electrons. The number of rotatable bonds is 3. The van der Waals surface area contributed by atoms with Crippen LogP contribution in [0.15, 0.2) is 22.5 Å². The quantitative estimate of drug-likeness (QED) is 0.759. The van der Waals surface area contributed by atoms with Gasteiger partial charge in [-0.3, -0.25) is 0 Å². The Bertz CT molecular complexity index is 370. The number of allylic oxidation sites excluding steroid dienone is 2. The van der Waals surface area contributed by atoms with Gasteiger partial charge in [-0.2, -0.15) is 0 Å². The molecule has 2 N–H and O–H groups in total. The lowest BCUT2D eigenvalue weighted by atomic mass is 9.96. The van der Waals surface area contributed by atoms with Crippen LogP contribution in [0.5, 0.6) is 0 Å². The molecule has 0 unspecified atom stereocenters. The number of nitrogens with zero attached hydrogens (tertiary/aromatic N) is 1. The Morgan fingerprint density at radius 3 is 1.75 bits per heavy atom. The molecule has 0 aromatic heterocycles. The van der Waals surface area contributed by atoms with E-state index in [2.05, 4.69) is 0 Å². The van der Waals surface area contributed by atoms with Crippen molar-refractivity contribution in [2.45, 2.75) is 27.2 Å². The summed E-state index contributed by atoms with van der Waals surface area (Å²) in [4.78, 5) is 23.7. The van der Waals surface area contributed by atoms with Crippen molar-refractivity contribution in [2.24, 2.45) is 0 Å². The van der Waals surface area contributed by atoms with Gasteiger partial charge in [0.15, 0.2) is 0 Å². The van der Waals surface area contributed by atoms with Crippen LogP contribution in [0, 0.1) is 0 Å². The van der Waals surface area contributed by atoms with E-state index in [0.29, 0.717) is 17.9 Å². The average molecular weight is 225 g/mol. The molecule has 0 atom stereocenters. The summed E-state index contributed by atoms with van der Waals surface area (Å²) in [5.41, 5.74) is 1.56. The van der Waals surface area contributed by atoms with Gasteiger partial charge < -0.3 is 15.1 Å². The van der Waals surface area contributed by atoms with E-state index in [1.165, 1.54) is 0 Å². The summed E-state index contributed by atoms with van der Waals surface area (Å²) >= 11 is 0. The van der Waals surface area contributed by atoms with E-state index >= 15 is 0 Å². The van der Waals surface area contributed by atoms with Crippen molar-refractivity contribution >= 4 is 11.9 Å². The van der Waals surface area contributed by atoms with Crippen molar-refractivity contribution < 1.29 is 19.8 Å². The van der Waals surface area contributed by atoms with Gasteiger partial charge in [0.25, 0.3) is 0 Å². The molecule has 1 aliphatic heterocycles. The first kappa shape index (κ1) is 12.3. The summed E-state index contributed by atoms with van der Waals surface area (Å²) in [6.07, 6.45) is -0.0150. The van der Waals surface area contributed by atoms with Crippen molar-refractivity contribution in [3.05, 3.63) is 22.5 Å². The maximum absolute atomic E-state index is 11.0. The van der Waals surface area contributed by atoms with Crippen LogP contribution in [-0.2, 0) is 9.59 Å². The van der Waals surface area contributed by atoms with Gasteiger partial charge in [-0.15, -0.1) is 0 Å². The Labute approximate surface area is 93.7 Å². The summed E-state index contributed by atoms with van der Waals surface area (Å²) in [7, 11) is 0. The third-order valence-electron chi connectivity index (χ3n) is 2.87. The molecule has 1 heterocycles. The first-order chi connectivity index (χ1) is 7.40. The Hall–Kier alpha value is -1.78. The minimum absolute atomic E-state index is 0.0150. The van der Waals surface area contributed by atoms with Crippen LogP contribution in [0.2, 0.25) is 0 Å². The molecule has 0 amide bonds. The largest absolute Gasteiger partial charge is 0.478 e. The highest BCUT2D eigenvalue weighted by Gasteiger charge is 2.28. The SMILES string of the molecule is CCN1C(C)=C(C(=O)O)CC(C(=O)O)=C1C. The number of aliphatic carboxylic acids is 2. The zero-order valence-electron chi connectivity index (χ0n) is 9.57. The van der Waals surface area contributed by atoms with E-state index in [9.17, 15) is 9.59 Å². The molecule has 0 aromatic carbocycles. The van der Waals surface area contributed by atoms with Crippen LogP contribution in [-0.4, -0.2) is 33.6 Å². The molecule has 0 aromatic rings. The van der Waals surface area contributed by atoms with Gasteiger partial charge >= 0.3 is 11.9 Å². The molecule has 0 fully saturated rings. The standard InChI is InChI=1S/C11H15NO4/c1-4-12-6(2)8(10(13)14)5-9(7(12)3)11(15)16/h4-5H2,1-3H3,(H,13,14)(H,15,16). The molecule has 0 saturated carbocycles. The van der Waals surface area contributed by atoms with Gasteiger partial charge in [0.2, 0.25) is 0 Å². The predicted molar refractivity (Wildman–Crippen MR) is 57.7 cm³/mol. The molecule has 5 heteroatoms. The second-order valence-electron chi connectivity index (χ2n) is 3.66. The lowest BCUT2D eigenvalue weighted by Crippen LogP contribution is -2.29. The number of carboxylic acid groups (broad SMARTS) is 2. The first-order valence-corrected chi connectivity index (χ1v) is 5.03. The van der Waals surface area contributed by atoms with Crippen molar-refractivity contribution in [3.8, 4) is 0 Å². The smallest absolute Gasteiger partial charge is 0.333 e. The van der Waals surface area contributed by atoms with Crippen LogP contribution in [0.4, 0.5) is 0 Å². The van der Waals surface area contributed by atoms with Crippen molar-refractivity contribution in [2.75, 3.05) is 6.54 Å². The highest BCUT2D eigenvalue weighted by molar-refractivity contribution is 5.94. The molecule has 0 spiro atoms. The Kier molecular flexibility index (Phi) is 3.37. The number of carboxylic acids is 2. The van der Waals surface area contributed by atoms with Crippen LogP contribution in [0.25, 0.3) is 0 Å². The summed E-state index contributed by atoms with van der Waals surface area (Å²) < 4.78 is 0. The summed E-state index contributed by atoms with van der Waals surface area (Å²) in [5, 5.41) is 18.0. The Balaban J connectivity index is 3.25.